The fraction of sp³-hybridized carbons (Fsp3) is 0.375. The Morgan fingerprint density at radius 1 is 1.41 bits per heavy atom. The van der Waals surface area contributed by atoms with Crippen LogP contribution >= 0.6 is 11.8 Å². The number of carbonyl (C=O) groups excluding carboxylic acids is 1. The number of hydrogen-bond donors (Lipinski definition) is 1. The van der Waals surface area contributed by atoms with Crippen LogP contribution in [0.25, 0.3) is 5.69 Å². The topological polar surface area (TPSA) is 58.4 Å². The van der Waals surface area contributed by atoms with Crippen LogP contribution in [0.4, 0.5) is 0 Å². The van der Waals surface area contributed by atoms with E-state index in [4.69, 9.17) is 5.11 Å². The summed E-state index contributed by atoms with van der Waals surface area (Å²) in [5, 5.41) is 9.66. The molecule has 0 radical (unpaired) electrons. The van der Waals surface area contributed by atoms with Crippen molar-refractivity contribution in [3.63, 3.8) is 0 Å². The maximum Gasteiger partial charge on any atom is 0.232 e. The van der Waals surface area contributed by atoms with Gasteiger partial charge in [-0.3, -0.25) is 9.36 Å². The van der Waals surface area contributed by atoms with Gasteiger partial charge in [0.15, 0.2) is 5.16 Å². The molecule has 0 spiro atoms. The second-order valence-electron chi connectivity index (χ2n) is 5.13. The molecule has 6 heteroatoms. The number of aliphatic hydroxyl groups excluding tert-OH is 1. The molecule has 1 aromatic carbocycles. The van der Waals surface area contributed by atoms with E-state index in [0.29, 0.717) is 12.3 Å². The van der Waals surface area contributed by atoms with E-state index in [1.807, 2.05) is 22.9 Å². The molecule has 2 rings (SSSR count). The zero-order valence-electron chi connectivity index (χ0n) is 13.1. The highest BCUT2D eigenvalue weighted by atomic mass is 32.2. The predicted octanol–water partition coefficient (Wildman–Crippen LogP) is 2.03. The fourth-order valence-electron chi connectivity index (χ4n) is 2.09. The molecular formula is C16H21N3O2S. The first-order valence-electron chi connectivity index (χ1n) is 7.12. The molecule has 118 valence electrons. The lowest BCUT2D eigenvalue weighted by Crippen LogP contribution is -2.30. The van der Waals surface area contributed by atoms with E-state index in [-0.39, 0.29) is 12.5 Å². The van der Waals surface area contributed by atoms with Crippen LogP contribution in [0.15, 0.2) is 35.7 Å². The quantitative estimate of drug-likeness (QED) is 0.828. The molecule has 22 heavy (non-hydrogen) atoms. The highest BCUT2D eigenvalue weighted by Gasteiger charge is 2.13. The van der Waals surface area contributed by atoms with Crippen molar-refractivity contribution in [2.45, 2.75) is 19.0 Å². The third-order valence-corrected chi connectivity index (χ3v) is 4.58. The molecule has 0 atom stereocenters. The van der Waals surface area contributed by atoms with Crippen molar-refractivity contribution >= 4 is 17.7 Å². The monoisotopic (exact) mass is 319 g/mol. The van der Waals surface area contributed by atoms with Gasteiger partial charge in [0.25, 0.3) is 0 Å². The fourth-order valence-corrected chi connectivity index (χ4v) is 2.99. The molecule has 0 saturated heterocycles. The Morgan fingerprint density at radius 2 is 2.18 bits per heavy atom. The maximum absolute atomic E-state index is 12.0. The van der Waals surface area contributed by atoms with E-state index in [2.05, 4.69) is 24.9 Å². The first-order chi connectivity index (χ1) is 10.5. The van der Waals surface area contributed by atoms with Crippen molar-refractivity contribution in [2.24, 2.45) is 0 Å². The summed E-state index contributed by atoms with van der Waals surface area (Å²) in [4.78, 5) is 17.8. The Morgan fingerprint density at radius 3 is 2.91 bits per heavy atom. The summed E-state index contributed by atoms with van der Waals surface area (Å²) in [5.41, 5.74) is 3.50. The first-order valence-corrected chi connectivity index (χ1v) is 8.10. The molecule has 5 nitrogen and oxygen atoms in total. The summed E-state index contributed by atoms with van der Waals surface area (Å²) < 4.78 is 2.01. The summed E-state index contributed by atoms with van der Waals surface area (Å²) in [7, 11) is 1.69. The molecule has 0 bridgehead atoms. The van der Waals surface area contributed by atoms with Gasteiger partial charge < -0.3 is 10.0 Å². The number of likely N-dealkylation sites (N-methyl/N-ethyl adjacent to an activating group) is 1. The number of nitrogens with zero attached hydrogens (tertiary/aromatic N) is 3. The predicted molar refractivity (Wildman–Crippen MR) is 88.5 cm³/mol. The molecule has 1 amide bonds. The van der Waals surface area contributed by atoms with Crippen LogP contribution in [0, 0.1) is 13.8 Å². The van der Waals surface area contributed by atoms with Gasteiger partial charge in [0.05, 0.1) is 18.0 Å². The standard InChI is InChI=1S/C16H21N3O2S/c1-12-5-4-6-14(13(12)2)19-8-7-17-16(19)22-11-15(21)18(3)9-10-20/h4-8,20H,9-11H2,1-3H3. The summed E-state index contributed by atoms with van der Waals surface area (Å²) >= 11 is 1.40. The van der Waals surface area contributed by atoms with Crippen molar-refractivity contribution in [2.75, 3.05) is 26.0 Å². The van der Waals surface area contributed by atoms with E-state index >= 15 is 0 Å². The van der Waals surface area contributed by atoms with Gasteiger partial charge in [-0.15, -0.1) is 0 Å². The van der Waals surface area contributed by atoms with Crippen molar-refractivity contribution in [3.8, 4) is 5.69 Å². The number of thioether (sulfide) groups is 1. The molecule has 2 aromatic rings. The second kappa shape index (κ2) is 7.47. The van der Waals surface area contributed by atoms with Crippen LogP contribution in [0.3, 0.4) is 0 Å². The van der Waals surface area contributed by atoms with E-state index in [9.17, 15) is 4.79 Å². The van der Waals surface area contributed by atoms with Gasteiger partial charge in [-0.2, -0.15) is 0 Å². The Hall–Kier alpha value is -1.79. The van der Waals surface area contributed by atoms with Gasteiger partial charge >= 0.3 is 0 Å². The average molecular weight is 319 g/mol. The minimum absolute atomic E-state index is 0.0189. The number of aromatic nitrogens is 2. The van der Waals surface area contributed by atoms with Crippen LogP contribution in [-0.2, 0) is 4.79 Å². The first kappa shape index (κ1) is 16.6. The van der Waals surface area contributed by atoms with Crippen molar-refractivity contribution < 1.29 is 9.90 Å². The Balaban J connectivity index is 2.13. The number of hydrogen-bond acceptors (Lipinski definition) is 4. The average Bonchev–Trinajstić information content (AvgIpc) is 2.96. The van der Waals surface area contributed by atoms with Gasteiger partial charge in [0.2, 0.25) is 5.91 Å². The number of carbonyl (C=O) groups is 1. The molecule has 0 unspecified atom stereocenters. The number of aliphatic hydroxyl groups is 1. The van der Waals surface area contributed by atoms with Gasteiger partial charge in [0.1, 0.15) is 0 Å². The van der Waals surface area contributed by atoms with Crippen LogP contribution < -0.4 is 0 Å². The molecule has 1 N–H and O–H groups in total. The van der Waals surface area contributed by atoms with Crippen LogP contribution in [0.2, 0.25) is 0 Å². The highest BCUT2D eigenvalue weighted by molar-refractivity contribution is 7.99. The van der Waals surface area contributed by atoms with Crippen LogP contribution in [0.5, 0.6) is 0 Å². The molecule has 0 fully saturated rings. The van der Waals surface area contributed by atoms with E-state index in [0.717, 1.165) is 10.8 Å². The van der Waals surface area contributed by atoms with E-state index < -0.39 is 0 Å². The van der Waals surface area contributed by atoms with E-state index in [1.54, 1.807) is 13.2 Å². The molecule has 0 aliphatic carbocycles. The normalized spacial score (nSPS) is 10.7. The molecule has 0 saturated carbocycles. The molecule has 0 aliphatic heterocycles. The Kier molecular flexibility index (Phi) is 5.63. The summed E-state index contributed by atoms with van der Waals surface area (Å²) in [6, 6.07) is 6.15. The third-order valence-electron chi connectivity index (χ3n) is 3.63. The SMILES string of the molecule is Cc1cccc(-n2ccnc2SCC(=O)N(C)CCO)c1C. The lowest BCUT2D eigenvalue weighted by Gasteiger charge is -2.16. The lowest BCUT2D eigenvalue weighted by molar-refractivity contribution is -0.127. The smallest absolute Gasteiger partial charge is 0.232 e. The lowest BCUT2D eigenvalue weighted by atomic mass is 10.1. The van der Waals surface area contributed by atoms with Gasteiger partial charge in [-0.25, -0.2) is 4.98 Å². The molecule has 0 aliphatic rings. The minimum atomic E-state index is -0.0238. The van der Waals surface area contributed by atoms with Crippen LogP contribution in [0.1, 0.15) is 11.1 Å². The summed E-state index contributed by atoms with van der Waals surface area (Å²) in [6.07, 6.45) is 3.65. The third kappa shape index (κ3) is 3.69. The molecule has 1 heterocycles. The summed E-state index contributed by atoms with van der Waals surface area (Å²) in [6.45, 7) is 4.49. The summed E-state index contributed by atoms with van der Waals surface area (Å²) in [5.74, 6) is 0.285. The van der Waals surface area contributed by atoms with Crippen LogP contribution in [-0.4, -0.2) is 51.4 Å². The van der Waals surface area contributed by atoms with Crippen molar-refractivity contribution in [3.05, 3.63) is 41.7 Å². The van der Waals surface area contributed by atoms with Gasteiger partial charge in [0, 0.05) is 26.0 Å². The van der Waals surface area contributed by atoms with Crippen molar-refractivity contribution in [1.82, 2.24) is 14.5 Å². The minimum Gasteiger partial charge on any atom is -0.395 e. The molecule has 1 aromatic heterocycles. The number of rotatable bonds is 6. The Bertz CT molecular complexity index is 655. The van der Waals surface area contributed by atoms with Gasteiger partial charge in [-0.05, 0) is 31.0 Å². The maximum atomic E-state index is 12.0. The largest absolute Gasteiger partial charge is 0.395 e. The number of aryl methyl sites for hydroxylation is 1. The Labute approximate surface area is 135 Å². The van der Waals surface area contributed by atoms with Crippen molar-refractivity contribution in [1.29, 1.82) is 0 Å². The molecular weight excluding hydrogens is 298 g/mol. The number of amides is 1. The zero-order chi connectivity index (χ0) is 16.1. The van der Waals surface area contributed by atoms with Gasteiger partial charge in [-0.1, -0.05) is 23.9 Å². The zero-order valence-corrected chi connectivity index (χ0v) is 13.9. The number of benzene rings is 1. The second-order valence-corrected chi connectivity index (χ2v) is 6.07. The van der Waals surface area contributed by atoms with E-state index in [1.165, 1.54) is 27.8 Å². The highest BCUT2D eigenvalue weighted by Crippen LogP contribution is 2.24. The number of imidazole rings is 1.